The quantitative estimate of drug-likeness (QED) is 0.325. The lowest BCUT2D eigenvalue weighted by molar-refractivity contribution is -0.148. The smallest absolute Gasteiger partial charge is 0.357 e. The topological polar surface area (TPSA) is 114 Å². The number of nitrogens with one attached hydrogen (secondary N) is 1. The minimum atomic E-state index is -0.679. The molecule has 1 aromatic rings. The zero-order valence-corrected chi connectivity index (χ0v) is 16.6. The van der Waals surface area contributed by atoms with Crippen molar-refractivity contribution in [2.75, 3.05) is 6.54 Å². The standard InChI is InChI=1S/C19H26N4O4S/c20-16(12-17(24)21-13-6-2-1-3-7-13)22-27-19(26)14-8-4-10-23(14)18(25)15-9-5-11-28-15/h5,9,11,13-14H,1-4,6-8,10,12H2,(H2,20,22)(H,21,24). The van der Waals surface area contributed by atoms with Gasteiger partial charge in [0.1, 0.15) is 11.9 Å². The number of carbonyl (C=O) groups excluding carboxylic acids is 3. The van der Waals surface area contributed by atoms with Crippen LogP contribution in [-0.2, 0) is 14.4 Å². The number of carbonyl (C=O) groups is 3. The number of hydrogen-bond acceptors (Lipinski definition) is 6. The van der Waals surface area contributed by atoms with Gasteiger partial charge in [0.2, 0.25) is 5.91 Å². The minimum Gasteiger partial charge on any atom is -0.384 e. The zero-order valence-electron chi connectivity index (χ0n) is 15.8. The first-order chi connectivity index (χ1) is 13.5. The summed E-state index contributed by atoms with van der Waals surface area (Å²) in [6.45, 7) is 0.499. The second-order valence-electron chi connectivity index (χ2n) is 7.21. The van der Waals surface area contributed by atoms with Crippen LogP contribution in [0.1, 0.15) is 61.0 Å². The van der Waals surface area contributed by atoms with Gasteiger partial charge in [0.05, 0.1) is 11.3 Å². The molecule has 9 heteroatoms. The number of amides is 2. The van der Waals surface area contributed by atoms with Crippen LogP contribution < -0.4 is 11.1 Å². The third-order valence-electron chi connectivity index (χ3n) is 5.08. The Labute approximate surface area is 168 Å². The molecule has 8 nitrogen and oxygen atoms in total. The van der Waals surface area contributed by atoms with Gasteiger partial charge in [-0.1, -0.05) is 30.5 Å². The van der Waals surface area contributed by atoms with Crippen LogP contribution in [0.5, 0.6) is 0 Å². The zero-order chi connectivity index (χ0) is 19.9. The van der Waals surface area contributed by atoms with E-state index >= 15 is 0 Å². The molecule has 0 bridgehead atoms. The monoisotopic (exact) mass is 406 g/mol. The molecule has 0 radical (unpaired) electrons. The number of thiophene rings is 1. The first kappa shape index (κ1) is 20.3. The largest absolute Gasteiger partial charge is 0.384 e. The Kier molecular flexibility index (Phi) is 7.02. The Morgan fingerprint density at radius 2 is 2.00 bits per heavy atom. The summed E-state index contributed by atoms with van der Waals surface area (Å²) in [6, 6.07) is 3.04. The molecule has 1 unspecified atom stereocenters. The second-order valence-corrected chi connectivity index (χ2v) is 8.15. The van der Waals surface area contributed by atoms with Crippen LogP contribution in [0.2, 0.25) is 0 Å². The molecule has 3 N–H and O–H groups in total. The lowest BCUT2D eigenvalue weighted by Gasteiger charge is -2.22. The SMILES string of the molecule is NC(CC(=O)NC1CCCCC1)=NOC(=O)C1CCCN1C(=O)c1cccs1. The number of oxime groups is 1. The lowest BCUT2D eigenvalue weighted by Crippen LogP contribution is -2.41. The molecule has 0 aromatic carbocycles. The summed E-state index contributed by atoms with van der Waals surface area (Å²) in [5.74, 6) is -1.09. The van der Waals surface area contributed by atoms with Gasteiger partial charge in [-0.3, -0.25) is 9.59 Å². The van der Waals surface area contributed by atoms with Gasteiger partial charge < -0.3 is 20.8 Å². The van der Waals surface area contributed by atoms with Crippen LogP contribution in [0.3, 0.4) is 0 Å². The maximum atomic E-state index is 12.5. The maximum Gasteiger partial charge on any atom is 0.357 e. The van der Waals surface area contributed by atoms with Crippen LogP contribution in [0, 0.1) is 0 Å². The van der Waals surface area contributed by atoms with Crippen molar-refractivity contribution in [1.82, 2.24) is 10.2 Å². The Bertz CT molecular complexity index is 728. The van der Waals surface area contributed by atoms with Crippen molar-refractivity contribution >= 4 is 35.0 Å². The van der Waals surface area contributed by atoms with E-state index in [0.29, 0.717) is 17.8 Å². The van der Waals surface area contributed by atoms with Crippen molar-refractivity contribution in [2.24, 2.45) is 10.9 Å². The molecule has 2 heterocycles. The average Bonchev–Trinajstić information content (AvgIpc) is 3.38. The van der Waals surface area contributed by atoms with Gasteiger partial charge in [0.15, 0.2) is 0 Å². The predicted molar refractivity (Wildman–Crippen MR) is 106 cm³/mol. The van der Waals surface area contributed by atoms with Crippen LogP contribution in [0.25, 0.3) is 0 Å². The second kappa shape index (κ2) is 9.68. The van der Waals surface area contributed by atoms with Gasteiger partial charge >= 0.3 is 5.97 Å². The van der Waals surface area contributed by atoms with Gasteiger partial charge in [-0.25, -0.2) is 4.79 Å². The first-order valence-electron chi connectivity index (χ1n) is 9.71. The highest BCUT2D eigenvalue weighted by Gasteiger charge is 2.36. The molecular formula is C19H26N4O4S. The van der Waals surface area contributed by atoms with Crippen LogP contribution in [0.4, 0.5) is 0 Å². The van der Waals surface area contributed by atoms with Crippen LogP contribution in [0.15, 0.2) is 22.7 Å². The number of nitrogens with zero attached hydrogens (tertiary/aromatic N) is 2. The van der Waals surface area contributed by atoms with Crippen molar-refractivity contribution in [1.29, 1.82) is 0 Å². The number of rotatable bonds is 6. The van der Waals surface area contributed by atoms with Crippen LogP contribution >= 0.6 is 11.3 Å². The minimum absolute atomic E-state index is 0.0595. The van der Waals surface area contributed by atoms with E-state index in [4.69, 9.17) is 10.6 Å². The van der Waals surface area contributed by atoms with E-state index in [1.54, 1.807) is 12.1 Å². The number of nitrogens with two attached hydrogens (primary N) is 1. The predicted octanol–water partition coefficient (Wildman–Crippen LogP) is 2.01. The third kappa shape index (κ3) is 5.31. The van der Waals surface area contributed by atoms with Gasteiger partial charge in [0, 0.05) is 12.6 Å². The summed E-state index contributed by atoms with van der Waals surface area (Å²) in [7, 11) is 0. The molecule has 1 atom stereocenters. The molecule has 1 saturated carbocycles. The highest BCUT2D eigenvalue weighted by atomic mass is 32.1. The van der Waals surface area contributed by atoms with E-state index in [9.17, 15) is 14.4 Å². The van der Waals surface area contributed by atoms with E-state index in [1.807, 2.05) is 5.38 Å². The molecule has 28 heavy (non-hydrogen) atoms. The van der Waals surface area contributed by atoms with E-state index < -0.39 is 12.0 Å². The van der Waals surface area contributed by atoms with E-state index in [-0.39, 0.29) is 30.1 Å². The fourth-order valence-electron chi connectivity index (χ4n) is 3.68. The molecule has 0 spiro atoms. The van der Waals surface area contributed by atoms with Gasteiger partial charge in [0.25, 0.3) is 5.91 Å². The summed E-state index contributed by atoms with van der Waals surface area (Å²) in [6.07, 6.45) is 6.53. The Hall–Kier alpha value is -2.42. The van der Waals surface area contributed by atoms with Crippen molar-refractivity contribution in [3.63, 3.8) is 0 Å². The maximum absolute atomic E-state index is 12.5. The van der Waals surface area contributed by atoms with Gasteiger partial charge in [-0.15, -0.1) is 11.3 Å². The normalized spacial score (nSPS) is 20.8. The molecule has 1 aromatic heterocycles. The number of likely N-dealkylation sites (tertiary alicyclic amines) is 1. The summed E-state index contributed by atoms with van der Waals surface area (Å²) in [5, 5.41) is 8.36. The van der Waals surface area contributed by atoms with Crippen molar-refractivity contribution in [2.45, 2.75) is 63.5 Å². The lowest BCUT2D eigenvalue weighted by atomic mass is 9.95. The molecule has 2 aliphatic rings. The van der Waals surface area contributed by atoms with E-state index in [2.05, 4.69) is 10.5 Å². The van der Waals surface area contributed by atoms with Crippen LogP contribution in [-0.4, -0.2) is 47.1 Å². The summed E-state index contributed by atoms with van der Waals surface area (Å²) in [4.78, 5) is 43.9. The molecule has 1 aliphatic carbocycles. The summed E-state index contributed by atoms with van der Waals surface area (Å²) in [5.41, 5.74) is 5.73. The van der Waals surface area contributed by atoms with Crippen molar-refractivity contribution in [3.05, 3.63) is 22.4 Å². The van der Waals surface area contributed by atoms with Crippen molar-refractivity contribution in [3.8, 4) is 0 Å². The number of amidine groups is 1. The van der Waals surface area contributed by atoms with Gasteiger partial charge in [-0.05, 0) is 37.1 Å². The molecule has 2 fully saturated rings. The molecule has 2 amide bonds. The first-order valence-corrected chi connectivity index (χ1v) is 10.6. The molecule has 1 aliphatic heterocycles. The molecule has 152 valence electrons. The Balaban J connectivity index is 1.49. The fraction of sp³-hybridized carbons (Fsp3) is 0.579. The van der Waals surface area contributed by atoms with Crippen molar-refractivity contribution < 1.29 is 19.2 Å². The van der Waals surface area contributed by atoms with E-state index in [1.165, 1.54) is 22.7 Å². The van der Waals surface area contributed by atoms with Gasteiger partial charge in [-0.2, -0.15) is 0 Å². The molecule has 1 saturated heterocycles. The highest BCUT2D eigenvalue weighted by Crippen LogP contribution is 2.23. The highest BCUT2D eigenvalue weighted by molar-refractivity contribution is 7.12. The fourth-order valence-corrected chi connectivity index (χ4v) is 4.36. The molecular weight excluding hydrogens is 380 g/mol. The Morgan fingerprint density at radius 1 is 1.21 bits per heavy atom. The van der Waals surface area contributed by atoms with E-state index in [0.717, 1.165) is 32.1 Å². The number of hydrogen-bond donors (Lipinski definition) is 2. The summed E-state index contributed by atoms with van der Waals surface area (Å²) < 4.78 is 0. The Morgan fingerprint density at radius 3 is 2.71 bits per heavy atom. The molecule has 3 rings (SSSR count). The average molecular weight is 407 g/mol. The third-order valence-corrected chi connectivity index (χ3v) is 5.94. The summed E-state index contributed by atoms with van der Waals surface area (Å²) >= 11 is 1.34.